The summed E-state index contributed by atoms with van der Waals surface area (Å²) in [6.07, 6.45) is 3.18. The summed E-state index contributed by atoms with van der Waals surface area (Å²) in [6, 6.07) is 9.76. The summed E-state index contributed by atoms with van der Waals surface area (Å²) in [5, 5.41) is 10.9. The van der Waals surface area contributed by atoms with E-state index < -0.39 is 0 Å². The zero-order chi connectivity index (χ0) is 20.8. The van der Waals surface area contributed by atoms with Crippen molar-refractivity contribution in [1.82, 2.24) is 25.2 Å². The monoisotopic (exact) mass is 398 g/mol. The normalized spacial score (nSPS) is 16.1. The average Bonchev–Trinajstić information content (AvgIpc) is 3.17. The third-order valence-electron chi connectivity index (χ3n) is 5.11. The van der Waals surface area contributed by atoms with Crippen molar-refractivity contribution in [3.8, 4) is 0 Å². The summed E-state index contributed by atoms with van der Waals surface area (Å²) in [5.74, 6) is 0.150. The summed E-state index contributed by atoms with van der Waals surface area (Å²) in [7, 11) is 2.04. The molecule has 0 bridgehead atoms. The fourth-order valence-corrected chi connectivity index (χ4v) is 3.60. The Balaban J connectivity index is 1.47. The maximum Gasteiger partial charge on any atom is 0.248 e. The van der Waals surface area contributed by atoms with Gasteiger partial charge in [-0.15, -0.1) is 5.10 Å². The number of carbonyl (C=O) groups is 2. The van der Waals surface area contributed by atoms with Crippen LogP contribution in [0.3, 0.4) is 0 Å². The van der Waals surface area contributed by atoms with Crippen LogP contribution in [0.5, 0.6) is 0 Å². The number of fused-ring (bicyclic) bond motifs is 1. The highest BCUT2D eigenvalue weighted by Crippen LogP contribution is 2.26. The molecule has 0 saturated carbocycles. The number of rotatable bonds is 9. The summed E-state index contributed by atoms with van der Waals surface area (Å²) < 4.78 is 1.70. The van der Waals surface area contributed by atoms with E-state index in [2.05, 4.69) is 46.5 Å². The molecule has 0 unspecified atom stereocenters. The molecule has 1 aliphatic heterocycles. The quantitative estimate of drug-likeness (QED) is 0.652. The third-order valence-corrected chi connectivity index (χ3v) is 5.11. The highest BCUT2D eigenvalue weighted by Gasteiger charge is 2.35. The number of nitrogens with zero attached hydrogens (tertiary/aromatic N) is 5. The van der Waals surface area contributed by atoms with Crippen LogP contribution >= 0.6 is 0 Å². The van der Waals surface area contributed by atoms with E-state index in [9.17, 15) is 9.59 Å². The predicted octanol–water partition coefficient (Wildman–Crippen LogP) is 1.85. The first-order valence-corrected chi connectivity index (χ1v) is 10.2. The second kappa shape index (κ2) is 9.54. The summed E-state index contributed by atoms with van der Waals surface area (Å²) in [4.78, 5) is 29.0. The number of hydrogen-bond acceptors (Lipinski definition) is 5. The number of anilines is 1. The van der Waals surface area contributed by atoms with Gasteiger partial charge in [0.1, 0.15) is 6.04 Å². The van der Waals surface area contributed by atoms with Crippen molar-refractivity contribution in [2.45, 2.75) is 39.3 Å². The minimum atomic E-state index is -0.381. The van der Waals surface area contributed by atoms with Crippen molar-refractivity contribution < 1.29 is 9.59 Å². The molecule has 8 heteroatoms. The molecule has 0 aliphatic carbocycles. The molecule has 1 atom stereocenters. The van der Waals surface area contributed by atoms with Gasteiger partial charge >= 0.3 is 0 Å². The summed E-state index contributed by atoms with van der Waals surface area (Å²) in [6.45, 7) is 5.99. The van der Waals surface area contributed by atoms with Gasteiger partial charge in [-0.2, -0.15) is 0 Å². The number of aromatic nitrogens is 3. The van der Waals surface area contributed by atoms with Crippen LogP contribution in [0.25, 0.3) is 0 Å². The van der Waals surface area contributed by atoms with Gasteiger partial charge in [0.05, 0.1) is 25.0 Å². The van der Waals surface area contributed by atoms with Crippen molar-refractivity contribution in [3.63, 3.8) is 0 Å². The van der Waals surface area contributed by atoms with Crippen LogP contribution in [-0.2, 0) is 16.1 Å². The zero-order valence-electron chi connectivity index (χ0n) is 17.4. The minimum absolute atomic E-state index is 0.0596. The van der Waals surface area contributed by atoms with E-state index in [-0.39, 0.29) is 24.4 Å². The fraction of sp³-hybridized carbons (Fsp3) is 0.524. The summed E-state index contributed by atoms with van der Waals surface area (Å²) >= 11 is 0. The van der Waals surface area contributed by atoms with Crippen LogP contribution in [0.2, 0.25) is 0 Å². The number of benzene rings is 1. The highest BCUT2D eigenvalue weighted by atomic mass is 16.2. The van der Waals surface area contributed by atoms with E-state index in [1.54, 1.807) is 15.8 Å². The largest absolute Gasteiger partial charge is 0.375 e. The van der Waals surface area contributed by atoms with Gasteiger partial charge in [0.15, 0.2) is 0 Å². The number of amides is 2. The SMILES string of the molecule is CC(C)C[C@H]1C(=O)N(CC(=O)NCCCN(C)c2ccccc2)Cc2cnnn21. The third kappa shape index (κ3) is 5.34. The Kier molecular flexibility index (Phi) is 6.85. The van der Waals surface area contributed by atoms with Gasteiger partial charge in [0, 0.05) is 25.8 Å². The molecule has 8 nitrogen and oxygen atoms in total. The Morgan fingerprint density at radius 1 is 1.31 bits per heavy atom. The lowest BCUT2D eigenvalue weighted by atomic mass is 10.0. The average molecular weight is 399 g/mol. The van der Waals surface area contributed by atoms with Gasteiger partial charge in [-0.25, -0.2) is 4.68 Å². The molecule has 2 amide bonds. The van der Waals surface area contributed by atoms with Gasteiger partial charge in [0.25, 0.3) is 0 Å². The molecule has 1 N–H and O–H groups in total. The first kappa shape index (κ1) is 20.8. The maximum atomic E-state index is 12.9. The van der Waals surface area contributed by atoms with Crippen LogP contribution in [0.15, 0.2) is 36.5 Å². The van der Waals surface area contributed by atoms with Gasteiger partial charge in [-0.3, -0.25) is 9.59 Å². The van der Waals surface area contributed by atoms with Crippen molar-refractivity contribution in [2.24, 2.45) is 5.92 Å². The number of carbonyl (C=O) groups excluding carboxylic acids is 2. The van der Waals surface area contributed by atoms with Crippen molar-refractivity contribution in [1.29, 1.82) is 0 Å². The fourth-order valence-electron chi connectivity index (χ4n) is 3.60. The number of hydrogen-bond donors (Lipinski definition) is 1. The maximum absolute atomic E-state index is 12.9. The lowest BCUT2D eigenvalue weighted by Gasteiger charge is -2.33. The topological polar surface area (TPSA) is 83.4 Å². The lowest BCUT2D eigenvalue weighted by molar-refractivity contribution is -0.142. The minimum Gasteiger partial charge on any atom is -0.375 e. The molecule has 3 rings (SSSR count). The van der Waals surface area contributed by atoms with Gasteiger partial charge in [-0.05, 0) is 30.9 Å². The van der Waals surface area contributed by atoms with E-state index in [0.717, 1.165) is 24.3 Å². The molecular weight excluding hydrogens is 368 g/mol. The number of nitrogens with one attached hydrogen (secondary N) is 1. The highest BCUT2D eigenvalue weighted by molar-refractivity contribution is 5.87. The molecule has 0 saturated heterocycles. The molecule has 1 aliphatic rings. The van der Waals surface area contributed by atoms with Crippen molar-refractivity contribution >= 4 is 17.5 Å². The molecule has 0 fully saturated rings. The smallest absolute Gasteiger partial charge is 0.248 e. The van der Waals surface area contributed by atoms with Crippen molar-refractivity contribution in [3.05, 3.63) is 42.2 Å². The predicted molar refractivity (Wildman–Crippen MR) is 111 cm³/mol. The molecular formula is C21H30N6O2. The van der Waals surface area contributed by atoms with E-state index in [0.29, 0.717) is 25.4 Å². The molecule has 1 aromatic heterocycles. The van der Waals surface area contributed by atoms with Gasteiger partial charge in [-0.1, -0.05) is 37.3 Å². The second-order valence-corrected chi connectivity index (χ2v) is 7.97. The molecule has 29 heavy (non-hydrogen) atoms. The van der Waals surface area contributed by atoms with Crippen LogP contribution < -0.4 is 10.2 Å². The number of para-hydroxylation sites is 1. The Bertz CT molecular complexity index is 820. The molecule has 0 radical (unpaired) electrons. The molecule has 0 spiro atoms. The van der Waals surface area contributed by atoms with Gasteiger partial charge in [0.2, 0.25) is 11.8 Å². The van der Waals surface area contributed by atoms with E-state index >= 15 is 0 Å². The second-order valence-electron chi connectivity index (χ2n) is 7.97. The molecule has 2 aromatic rings. The van der Waals surface area contributed by atoms with Crippen LogP contribution in [0.1, 0.15) is 38.4 Å². The van der Waals surface area contributed by atoms with E-state index in [1.807, 2.05) is 25.2 Å². The first-order valence-electron chi connectivity index (χ1n) is 10.2. The Morgan fingerprint density at radius 2 is 2.07 bits per heavy atom. The molecule has 2 heterocycles. The Morgan fingerprint density at radius 3 is 2.79 bits per heavy atom. The van der Waals surface area contributed by atoms with E-state index in [4.69, 9.17) is 0 Å². The van der Waals surface area contributed by atoms with E-state index in [1.165, 1.54) is 0 Å². The van der Waals surface area contributed by atoms with Crippen LogP contribution in [0.4, 0.5) is 5.69 Å². The lowest BCUT2D eigenvalue weighted by Crippen LogP contribution is -2.47. The van der Waals surface area contributed by atoms with Crippen LogP contribution in [-0.4, -0.2) is 58.4 Å². The Labute approximate surface area is 171 Å². The standard InChI is InChI=1S/C21H30N6O2/c1-16(2)12-19-21(29)26(14-18-13-23-24-27(18)19)15-20(28)22-10-7-11-25(3)17-8-5-4-6-9-17/h4-6,8-9,13,16,19H,7,10-12,14-15H2,1-3H3,(H,22,28)/t19-/m0/s1. The van der Waals surface area contributed by atoms with Crippen LogP contribution in [0, 0.1) is 5.92 Å². The zero-order valence-corrected chi connectivity index (χ0v) is 17.4. The summed E-state index contributed by atoms with van der Waals surface area (Å²) in [5.41, 5.74) is 2.02. The van der Waals surface area contributed by atoms with Gasteiger partial charge < -0.3 is 15.1 Å². The first-order chi connectivity index (χ1) is 14.0. The Hall–Kier alpha value is -2.90. The molecule has 156 valence electrons. The van der Waals surface area contributed by atoms with Crippen molar-refractivity contribution in [2.75, 3.05) is 31.6 Å². The molecule has 1 aromatic carbocycles.